The number of aryl methyl sites for hydroxylation is 2. The van der Waals surface area contributed by atoms with Crippen molar-refractivity contribution in [2.24, 2.45) is 0 Å². The van der Waals surface area contributed by atoms with Crippen molar-refractivity contribution in [2.45, 2.75) is 20.3 Å². The molecule has 0 N–H and O–H groups in total. The number of fused-ring (bicyclic) bond motifs is 1. The fourth-order valence-corrected chi connectivity index (χ4v) is 3.76. The third-order valence-electron chi connectivity index (χ3n) is 5.15. The molecular formula is C26H22O. The molecule has 0 aromatic heterocycles. The van der Waals surface area contributed by atoms with Crippen molar-refractivity contribution in [3.05, 3.63) is 118 Å². The van der Waals surface area contributed by atoms with Crippen LogP contribution >= 0.6 is 0 Å². The van der Waals surface area contributed by atoms with Gasteiger partial charge in [0.25, 0.3) is 0 Å². The number of hydrogen-bond donors (Lipinski definition) is 0. The van der Waals surface area contributed by atoms with E-state index in [0.717, 1.165) is 28.7 Å². The molecule has 0 bridgehead atoms. The largest absolute Gasteiger partial charge is 0.289 e. The average molecular weight is 350 g/mol. The van der Waals surface area contributed by atoms with Crippen LogP contribution in [0.4, 0.5) is 0 Å². The van der Waals surface area contributed by atoms with Crippen molar-refractivity contribution in [3.8, 4) is 0 Å². The summed E-state index contributed by atoms with van der Waals surface area (Å²) < 4.78 is 0. The van der Waals surface area contributed by atoms with Crippen LogP contribution in [0.1, 0.15) is 38.2 Å². The minimum atomic E-state index is 0.100. The van der Waals surface area contributed by atoms with E-state index in [1.54, 1.807) is 0 Å². The van der Waals surface area contributed by atoms with Gasteiger partial charge >= 0.3 is 0 Å². The Hall–Kier alpha value is -3.19. The van der Waals surface area contributed by atoms with Crippen molar-refractivity contribution in [2.75, 3.05) is 0 Å². The molecule has 0 saturated carbocycles. The van der Waals surface area contributed by atoms with E-state index in [2.05, 4.69) is 61.5 Å². The molecule has 0 amide bonds. The Morgan fingerprint density at radius 1 is 0.704 bits per heavy atom. The molecule has 0 atom stereocenters. The Morgan fingerprint density at radius 2 is 1.41 bits per heavy atom. The highest BCUT2D eigenvalue weighted by molar-refractivity contribution is 6.11. The van der Waals surface area contributed by atoms with Crippen molar-refractivity contribution < 1.29 is 4.79 Å². The van der Waals surface area contributed by atoms with E-state index < -0.39 is 0 Å². The third kappa shape index (κ3) is 3.41. The number of carbonyl (C=O) groups excluding carboxylic acids is 1. The highest BCUT2D eigenvalue weighted by Crippen LogP contribution is 2.25. The van der Waals surface area contributed by atoms with Gasteiger partial charge in [-0.2, -0.15) is 0 Å². The molecule has 4 rings (SSSR count). The Labute approximate surface area is 160 Å². The molecule has 0 radical (unpaired) electrons. The first-order valence-electron chi connectivity index (χ1n) is 9.30. The van der Waals surface area contributed by atoms with Gasteiger partial charge in [-0.3, -0.25) is 4.79 Å². The number of ketones is 1. The maximum Gasteiger partial charge on any atom is 0.193 e. The fraction of sp³-hybridized carbons (Fsp3) is 0.115. The van der Waals surface area contributed by atoms with E-state index in [4.69, 9.17) is 0 Å². The first-order chi connectivity index (χ1) is 13.1. The Balaban J connectivity index is 1.76. The van der Waals surface area contributed by atoms with Crippen LogP contribution in [0, 0.1) is 13.8 Å². The van der Waals surface area contributed by atoms with Gasteiger partial charge in [-0.15, -0.1) is 0 Å². The van der Waals surface area contributed by atoms with Gasteiger partial charge in [-0.1, -0.05) is 90.5 Å². The van der Waals surface area contributed by atoms with E-state index in [-0.39, 0.29) is 5.78 Å². The van der Waals surface area contributed by atoms with Crippen LogP contribution in [0.25, 0.3) is 10.8 Å². The zero-order chi connectivity index (χ0) is 18.8. The van der Waals surface area contributed by atoms with Gasteiger partial charge in [0, 0.05) is 11.1 Å². The zero-order valence-corrected chi connectivity index (χ0v) is 15.7. The molecule has 0 aliphatic carbocycles. The second-order valence-electron chi connectivity index (χ2n) is 7.12. The van der Waals surface area contributed by atoms with E-state index in [0.29, 0.717) is 0 Å². The number of carbonyl (C=O) groups is 1. The number of benzene rings is 4. The Morgan fingerprint density at radius 3 is 2.26 bits per heavy atom. The van der Waals surface area contributed by atoms with Crippen LogP contribution < -0.4 is 0 Å². The van der Waals surface area contributed by atoms with E-state index >= 15 is 0 Å². The minimum Gasteiger partial charge on any atom is -0.289 e. The maximum absolute atomic E-state index is 13.3. The molecule has 0 aliphatic heterocycles. The molecule has 27 heavy (non-hydrogen) atoms. The van der Waals surface area contributed by atoms with Crippen LogP contribution in [0.5, 0.6) is 0 Å². The first-order valence-corrected chi connectivity index (χ1v) is 9.30. The van der Waals surface area contributed by atoms with Crippen LogP contribution in [0.3, 0.4) is 0 Å². The predicted molar refractivity (Wildman–Crippen MR) is 113 cm³/mol. The lowest BCUT2D eigenvalue weighted by Gasteiger charge is -2.12. The molecule has 0 fully saturated rings. The normalized spacial score (nSPS) is 10.9. The summed E-state index contributed by atoms with van der Waals surface area (Å²) in [5, 5.41) is 2.47. The molecule has 0 saturated heterocycles. The molecule has 0 spiro atoms. The molecule has 4 aromatic rings. The van der Waals surface area contributed by atoms with Gasteiger partial charge in [-0.25, -0.2) is 0 Å². The van der Waals surface area contributed by atoms with Gasteiger partial charge in [0.1, 0.15) is 0 Å². The topological polar surface area (TPSA) is 17.1 Å². The quantitative estimate of drug-likeness (QED) is 0.396. The van der Waals surface area contributed by atoms with Gasteiger partial charge in [0.15, 0.2) is 5.78 Å². The fourth-order valence-electron chi connectivity index (χ4n) is 3.76. The molecule has 1 heteroatoms. The van der Waals surface area contributed by atoms with Gasteiger partial charge in [0.05, 0.1) is 0 Å². The Kier molecular flexibility index (Phi) is 4.60. The molecule has 132 valence electrons. The van der Waals surface area contributed by atoms with Crippen LogP contribution in [-0.2, 0) is 6.42 Å². The van der Waals surface area contributed by atoms with Crippen molar-refractivity contribution in [1.82, 2.24) is 0 Å². The molecule has 0 heterocycles. The predicted octanol–water partition coefficient (Wildman–Crippen LogP) is 6.28. The molecule has 0 aliphatic rings. The van der Waals surface area contributed by atoms with E-state index in [9.17, 15) is 4.79 Å². The lowest BCUT2D eigenvalue weighted by molar-refractivity contribution is 0.103. The molecule has 0 unspecified atom stereocenters. The molecule has 4 aromatic carbocycles. The summed E-state index contributed by atoms with van der Waals surface area (Å²) in [6.45, 7) is 4.06. The van der Waals surface area contributed by atoms with Gasteiger partial charge in [0.2, 0.25) is 0 Å². The zero-order valence-electron chi connectivity index (χ0n) is 15.7. The van der Waals surface area contributed by atoms with Gasteiger partial charge < -0.3 is 0 Å². The van der Waals surface area contributed by atoms with Crippen LogP contribution in [0.15, 0.2) is 84.9 Å². The summed E-state index contributed by atoms with van der Waals surface area (Å²) in [6.07, 6.45) is 0.744. The van der Waals surface area contributed by atoms with Crippen molar-refractivity contribution in [1.29, 1.82) is 0 Å². The first kappa shape index (κ1) is 17.2. The van der Waals surface area contributed by atoms with Gasteiger partial charge in [-0.05, 0) is 47.7 Å². The maximum atomic E-state index is 13.3. The lowest BCUT2D eigenvalue weighted by atomic mass is 9.91. The SMILES string of the molecule is Cc1ccc(C(=O)c2ccccc2Cc2cccc3ccccc23)c(C)c1. The number of hydrogen-bond acceptors (Lipinski definition) is 1. The summed E-state index contributed by atoms with van der Waals surface area (Å²) in [5.41, 5.74) is 6.09. The summed E-state index contributed by atoms with van der Waals surface area (Å²) in [6, 6.07) is 28.8. The number of rotatable bonds is 4. The smallest absolute Gasteiger partial charge is 0.193 e. The highest BCUT2D eigenvalue weighted by atomic mass is 16.1. The summed E-state index contributed by atoms with van der Waals surface area (Å²) in [7, 11) is 0. The summed E-state index contributed by atoms with van der Waals surface area (Å²) in [5.74, 6) is 0.100. The van der Waals surface area contributed by atoms with Crippen molar-refractivity contribution >= 4 is 16.6 Å². The van der Waals surface area contributed by atoms with E-state index in [1.807, 2.05) is 37.3 Å². The van der Waals surface area contributed by atoms with Crippen LogP contribution in [0.2, 0.25) is 0 Å². The Bertz CT molecular complexity index is 1130. The van der Waals surface area contributed by atoms with E-state index in [1.165, 1.54) is 21.9 Å². The monoisotopic (exact) mass is 350 g/mol. The second kappa shape index (κ2) is 7.20. The standard InChI is InChI=1S/C26H22O/c1-18-14-15-23(19(2)16-18)26(27)25-13-6-4-9-22(25)17-21-11-7-10-20-8-3-5-12-24(20)21/h3-16H,17H2,1-2H3. The van der Waals surface area contributed by atoms with Crippen molar-refractivity contribution in [3.63, 3.8) is 0 Å². The summed E-state index contributed by atoms with van der Waals surface area (Å²) >= 11 is 0. The summed E-state index contributed by atoms with van der Waals surface area (Å²) in [4.78, 5) is 13.3. The average Bonchev–Trinajstić information content (AvgIpc) is 2.68. The second-order valence-corrected chi connectivity index (χ2v) is 7.12. The third-order valence-corrected chi connectivity index (χ3v) is 5.15. The molecule has 1 nitrogen and oxygen atoms in total. The van der Waals surface area contributed by atoms with Crippen LogP contribution in [-0.4, -0.2) is 5.78 Å². The molecular weight excluding hydrogens is 328 g/mol. The lowest BCUT2D eigenvalue weighted by Crippen LogP contribution is -2.08. The minimum absolute atomic E-state index is 0.100. The highest BCUT2D eigenvalue weighted by Gasteiger charge is 2.16.